The predicted octanol–water partition coefficient (Wildman–Crippen LogP) is 8.26. The molecule has 5 aromatic rings. The summed E-state index contributed by atoms with van der Waals surface area (Å²) in [6, 6.07) is 27.6. The lowest BCUT2D eigenvalue weighted by atomic mass is 9.84. The molecule has 1 aromatic heterocycles. The normalized spacial score (nSPS) is 12.6. The van der Waals surface area contributed by atoms with Crippen LogP contribution in [0, 0.1) is 0 Å². The number of aromatic nitrogens is 1. The third kappa shape index (κ3) is 8.48. The number of fused-ring (bicyclic) bond motifs is 1. The smallest absolute Gasteiger partial charge is 0.264 e. The standard InChI is InChI=1S/C36H35ClN2O6S/c1-36(2,3)27-14-10-24(11-15-27)30(21-23-6-8-25(9-7-23)32(40)5-4-20-46(42,43)44)34(41)38-29-18-19-33-31(22-29)39-35(45-33)26-12-16-28(37)17-13-26/h6-19,22,30H,4-5,20-21H2,1-3H3,(H,38,41)(H,42,43,44). The monoisotopic (exact) mass is 658 g/mol. The molecule has 10 heteroatoms. The van der Waals surface area contributed by atoms with Gasteiger partial charge in [-0.1, -0.05) is 80.9 Å². The van der Waals surface area contributed by atoms with Gasteiger partial charge in [0.05, 0.1) is 11.7 Å². The summed E-state index contributed by atoms with van der Waals surface area (Å²) < 4.78 is 36.8. The van der Waals surface area contributed by atoms with E-state index < -0.39 is 21.8 Å². The van der Waals surface area contributed by atoms with E-state index >= 15 is 0 Å². The predicted molar refractivity (Wildman–Crippen MR) is 181 cm³/mol. The molecule has 0 fully saturated rings. The lowest BCUT2D eigenvalue weighted by Gasteiger charge is -2.22. The van der Waals surface area contributed by atoms with Crippen LogP contribution in [0.25, 0.3) is 22.6 Å². The van der Waals surface area contributed by atoms with E-state index in [0.29, 0.717) is 39.7 Å². The third-order valence-corrected chi connectivity index (χ3v) is 8.82. The molecule has 0 aliphatic rings. The van der Waals surface area contributed by atoms with Crippen molar-refractivity contribution in [1.82, 2.24) is 4.98 Å². The minimum atomic E-state index is -4.12. The van der Waals surface area contributed by atoms with Crippen molar-refractivity contribution in [2.24, 2.45) is 0 Å². The van der Waals surface area contributed by atoms with E-state index in [9.17, 15) is 18.0 Å². The molecule has 238 valence electrons. The number of oxazole rings is 1. The van der Waals surface area contributed by atoms with Crippen LogP contribution in [0.5, 0.6) is 0 Å². The van der Waals surface area contributed by atoms with Gasteiger partial charge in [-0.2, -0.15) is 8.42 Å². The highest BCUT2D eigenvalue weighted by atomic mass is 35.5. The molecular formula is C36H35ClN2O6S. The van der Waals surface area contributed by atoms with Gasteiger partial charge in [0, 0.05) is 28.3 Å². The van der Waals surface area contributed by atoms with Crippen molar-refractivity contribution in [3.8, 4) is 11.5 Å². The van der Waals surface area contributed by atoms with Crippen molar-refractivity contribution in [3.63, 3.8) is 0 Å². The topological polar surface area (TPSA) is 127 Å². The van der Waals surface area contributed by atoms with Crippen molar-refractivity contribution < 1.29 is 27.0 Å². The molecule has 4 aromatic carbocycles. The molecule has 0 radical (unpaired) electrons. The zero-order valence-corrected chi connectivity index (χ0v) is 27.4. The molecule has 0 saturated carbocycles. The van der Waals surface area contributed by atoms with Gasteiger partial charge in [-0.15, -0.1) is 0 Å². The van der Waals surface area contributed by atoms with E-state index in [2.05, 4.69) is 31.1 Å². The Hall–Kier alpha value is -4.31. The Labute approximate surface area is 273 Å². The molecule has 2 N–H and O–H groups in total. The van der Waals surface area contributed by atoms with Crippen molar-refractivity contribution in [2.75, 3.05) is 11.1 Å². The molecule has 0 spiro atoms. The maximum atomic E-state index is 13.9. The van der Waals surface area contributed by atoms with Crippen LogP contribution < -0.4 is 5.32 Å². The number of rotatable bonds is 11. The third-order valence-electron chi connectivity index (χ3n) is 7.76. The van der Waals surface area contributed by atoms with Crippen molar-refractivity contribution in [1.29, 1.82) is 0 Å². The molecule has 1 heterocycles. The number of anilines is 1. The second kappa shape index (κ2) is 13.6. The highest BCUT2D eigenvalue weighted by Crippen LogP contribution is 2.30. The first-order chi connectivity index (χ1) is 21.7. The second-order valence-corrected chi connectivity index (χ2v) is 14.3. The van der Waals surface area contributed by atoms with Crippen LogP contribution in [0.15, 0.2) is 95.4 Å². The Morgan fingerprint density at radius 2 is 1.61 bits per heavy atom. The molecule has 8 nitrogen and oxygen atoms in total. The Morgan fingerprint density at radius 3 is 2.24 bits per heavy atom. The van der Waals surface area contributed by atoms with Crippen LogP contribution in [-0.4, -0.2) is 35.4 Å². The van der Waals surface area contributed by atoms with E-state index in [4.69, 9.17) is 20.6 Å². The summed E-state index contributed by atoms with van der Waals surface area (Å²) in [5, 5.41) is 3.67. The van der Waals surface area contributed by atoms with E-state index in [1.807, 2.05) is 36.4 Å². The first kappa shape index (κ1) is 33.1. The van der Waals surface area contributed by atoms with Gasteiger partial charge in [0.2, 0.25) is 11.8 Å². The molecule has 0 aliphatic heterocycles. The molecule has 5 rings (SSSR count). The fourth-order valence-corrected chi connectivity index (χ4v) is 5.78. The highest BCUT2D eigenvalue weighted by molar-refractivity contribution is 7.85. The average Bonchev–Trinajstić information content (AvgIpc) is 3.43. The number of benzene rings is 4. The molecule has 1 amide bonds. The van der Waals surface area contributed by atoms with E-state index in [0.717, 1.165) is 22.3 Å². The zero-order chi connectivity index (χ0) is 33.1. The summed E-state index contributed by atoms with van der Waals surface area (Å²) in [7, 11) is -4.12. The van der Waals surface area contributed by atoms with Crippen molar-refractivity contribution in [3.05, 3.63) is 118 Å². The number of halogens is 1. The maximum absolute atomic E-state index is 13.9. The lowest BCUT2D eigenvalue weighted by Crippen LogP contribution is -2.23. The van der Waals surface area contributed by atoms with Gasteiger partial charge in [-0.05, 0) is 77.4 Å². The minimum Gasteiger partial charge on any atom is -0.436 e. The number of hydrogen-bond donors (Lipinski definition) is 2. The van der Waals surface area contributed by atoms with Gasteiger partial charge in [0.1, 0.15) is 5.52 Å². The fraction of sp³-hybridized carbons (Fsp3) is 0.250. The zero-order valence-electron chi connectivity index (χ0n) is 25.8. The van der Waals surface area contributed by atoms with Crippen molar-refractivity contribution >= 4 is 50.2 Å². The van der Waals surface area contributed by atoms with Crippen LogP contribution in [-0.2, 0) is 26.7 Å². The summed E-state index contributed by atoms with van der Waals surface area (Å²) in [5.74, 6) is -0.969. The first-order valence-electron chi connectivity index (χ1n) is 14.9. The maximum Gasteiger partial charge on any atom is 0.264 e. The largest absolute Gasteiger partial charge is 0.436 e. The molecule has 0 aliphatic carbocycles. The number of hydrogen-bond acceptors (Lipinski definition) is 6. The average molecular weight is 659 g/mol. The number of Topliss-reactive ketones (excluding diaryl/α,β-unsaturated/α-hetero) is 1. The number of nitrogens with zero attached hydrogens (tertiary/aromatic N) is 1. The number of amides is 1. The molecule has 0 bridgehead atoms. The van der Waals surface area contributed by atoms with Crippen molar-refractivity contribution in [2.45, 2.75) is 51.4 Å². The molecule has 46 heavy (non-hydrogen) atoms. The van der Waals surface area contributed by atoms with E-state index in [1.165, 1.54) is 0 Å². The summed E-state index contributed by atoms with van der Waals surface area (Å²) in [6.07, 6.45) is 0.418. The van der Waals surface area contributed by atoms with E-state index in [1.54, 1.807) is 54.6 Å². The van der Waals surface area contributed by atoms with Crippen LogP contribution in [0.3, 0.4) is 0 Å². The van der Waals surface area contributed by atoms with Gasteiger partial charge in [0.25, 0.3) is 10.1 Å². The van der Waals surface area contributed by atoms with E-state index in [-0.39, 0.29) is 29.9 Å². The number of nitrogens with one attached hydrogen (secondary N) is 1. The van der Waals surface area contributed by atoms with Crippen LogP contribution in [0.1, 0.15) is 66.6 Å². The molecule has 0 saturated heterocycles. The Kier molecular flexibility index (Phi) is 9.76. The summed E-state index contributed by atoms with van der Waals surface area (Å²) >= 11 is 6.02. The Balaban J connectivity index is 1.36. The van der Waals surface area contributed by atoms with Gasteiger partial charge in [-0.25, -0.2) is 4.98 Å². The second-order valence-electron chi connectivity index (χ2n) is 12.3. The Bertz CT molecular complexity index is 1960. The van der Waals surface area contributed by atoms with Gasteiger partial charge in [0.15, 0.2) is 11.4 Å². The lowest BCUT2D eigenvalue weighted by molar-refractivity contribution is -0.117. The summed E-state index contributed by atoms with van der Waals surface area (Å²) in [5.41, 5.74) is 5.81. The quantitative estimate of drug-likeness (QED) is 0.108. The number of ketones is 1. The number of carbonyl (C=O) groups is 2. The summed E-state index contributed by atoms with van der Waals surface area (Å²) in [6.45, 7) is 6.41. The highest BCUT2D eigenvalue weighted by Gasteiger charge is 2.23. The summed E-state index contributed by atoms with van der Waals surface area (Å²) in [4.78, 5) is 31.0. The first-order valence-corrected chi connectivity index (χ1v) is 16.9. The van der Waals surface area contributed by atoms with Crippen LogP contribution in [0.4, 0.5) is 5.69 Å². The fourth-order valence-electron chi connectivity index (χ4n) is 5.15. The number of carbonyl (C=O) groups excluding carboxylic acids is 2. The minimum absolute atomic E-state index is 0.00134. The van der Waals surface area contributed by atoms with Crippen LogP contribution >= 0.6 is 11.6 Å². The Morgan fingerprint density at radius 1 is 0.935 bits per heavy atom. The molecule has 1 unspecified atom stereocenters. The van der Waals surface area contributed by atoms with Gasteiger partial charge in [-0.3, -0.25) is 14.1 Å². The van der Waals surface area contributed by atoms with Crippen LogP contribution in [0.2, 0.25) is 5.02 Å². The van der Waals surface area contributed by atoms with Gasteiger partial charge >= 0.3 is 0 Å². The van der Waals surface area contributed by atoms with Gasteiger partial charge < -0.3 is 9.73 Å². The molecular weight excluding hydrogens is 624 g/mol. The molecule has 1 atom stereocenters. The SMILES string of the molecule is CC(C)(C)c1ccc(C(Cc2ccc(C(=O)CCCS(=O)(=O)O)cc2)C(=O)Nc2ccc3oc(-c4ccc(Cl)cc4)nc3c2)cc1.